The molecule has 2 fully saturated rings. The number of benzene rings is 1. The highest BCUT2D eigenvalue weighted by Gasteiger charge is 2.23. The van der Waals surface area contributed by atoms with E-state index in [0.717, 1.165) is 38.8 Å². The van der Waals surface area contributed by atoms with E-state index in [2.05, 4.69) is 45.2 Å². The molecular weight excluding hydrogens is 481 g/mol. The standard InChI is InChI=1S/C21H31N5O2.HI/c1-22-21(25-18-7-8-19(27)23-14-18)24-15-20(28)26-11-9-17(10-12-26)13-16-5-3-2-4-6-16;/h2-6,17-18H,7-15H2,1H3,(H,23,27)(H2,22,24,25);1H. The van der Waals surface area contributed by atoms with Gasteiger partial charge in [-0.2, -0.15) is 0 Å². The van der Waals surface area contributed by atoms with Gasteiger partial charge in [0.1, 0.15) is 0 Å². The number of likely N-dealkylation sites (tertiary alicyclic amines) is 1. The van der Waals surface area contributed by atoms with Gasteiger partial charge in [0.2, 0.25) is 11.8 Å². The number of nitrogens with zero attached hydrogens (tertiary/aromatic N) is 2. The van der Waals surface area contributed by atoms with E-state index in [1.165, 1.54) is 5.56 Å². The average Bonchev–Trinajstić information content (AvgIpc) is 2.73. The van der Waals surface area contributed by atoms with Crippen LogP contribution in [0.1, 0.15) is 31.2 Å². The van der Waals surface area contributed by atoms with Gasteiger partial charge >= 0.3 is 0 Å². The lowest BCUT2D eigenvalue weighted by atomic mass is 9.90. The molecule has 1 atom stereocenters. The Labute approximate surface area is 190 Å². The monoisotopic (exact) mass is 513 g/mol. The number of halogens is 1. The molecule has 1 aromatic rings. The molecule has 0 aliphatic carbocycles. The van der Waals surface area contributed by atoms with Gasteiger partial charge in [-0.1, -0.05) is 30.3 Å². The fraction of sp³-hybridized carbons (Fsp3) is 0.571. The summed E-state index contributed by atoms with van der Waals surface area (Å²) in [7, 11) is 1.69. The number of piperidine rings is 2. The maximum Gasteiger partial charge on any atom is 0.241 e. The van der Waals surface area contributed by atoms with Crippen LogP contribution in [0, 0.1) is 5.92 Å². The Balaban J connectivity index is 0.00000300. The highest BCUT2D eigenvalue weighted by atomic mass is 127. The van der Waals surface area contributed by atoms with Gasteiger partial charge in [-0.05, 0) is 37.2 Å². The molecule has 3 rings (SSSR count). The summed E-state index contributed by atoms with van der Waals surface area (Å²) in [6, 6.07) is 10.7. The Morgan fingerprint density at radius 3 is 2.55 bits per heavy atom. The number of amides is 2. The van der Waals surface area contributed by atoms with Crippen molar-refractivity contribution in [3.63, 3.8) is 0 Å². The smallest absolute Gasteiger partial charge is 0.241 e. The van der Waals surface area contributed by atoms with Crippen LogP contribution in [-0.4, -0.2) is 61.9 Å². The van der Waals surface area contributed by atoms with Gasteiger partial charge in [0.05, 0.1) is 6.54 Å². The molecule has 2 saturated heterocycles. The number of nitrogens with one attached hydrogen (secondary N) is 3. The number of hydrogen-bond acceptors (Lipinski definition) is 3. The zero-order chi connectivity index (χ0) is 19.8. The van der Waals surface area contributed by atoms with Crippen molar-refractivity contribution < 1.29 is 9.59 Å². The molecule has 29 heavy (non-hydrogen) atoms. The average molecular weight is 513 g/mol. The normalized spacial score (nSPS) is 20.4. The van der Waals surface area contributed by atoms with E-state index in [9.17, 15) is 9.59 Å². The molecule has 0 radical (unpaired) electrons. The highest BCUT2D eigenvalue weighted by molar-refractivity contribution is 14.0. The van der Waals surface area contributed by atoms with E-state index in [1.54, 1.807) is 7.05 Å². The van der Waals surface area contributed by atoms with Crippen molar-refractivity contribution >= 4 is 41.8 Å². The molecule has 160 valence electrons. The third kappa shape index (κ3) is 7.49. The highest BCUT2D eigenvalue weighted by Crippen LogP contribution is 2.21. The van der Waals surface area contributed by atoms with Crippen LogP contribution in [0.5, 0.6) is 0 Å². The van der Waals surface area contributed by atoms with Crippen LogP contribution in [0.15, 0.2) is 35.3 Å². The largest absolute Gasteiger partial charge is 0.354 e. The summed E-state index contributed by atoms with van der Waals surface area (Å²) < 4.78 is 0. The van der Waals surface area contributed by atoms with Gasteiger partial charge in [0.25, 0.3) is 0 Å². The summed E-state index contributed by atoms with van der Waals surface area (Å²) in [5.41, 5.74) is 1.38. The number of carbonyl (C=O) groups excluding carboxylic acids is 2. The van der Waals surface area contributed by atoms with Crippen LogP contribution in [0.25, 0.3) is 0 Å². The van der Waals surface area contributed by atoms with Gasteiger partial charge in [-0.25, -0.2) is 0 Å². The zero-order valence-electron chi connectivity index (χ0n) is 17.0. The van der Waals surface area contributed by atoms with E-state index in [1.807, 2.05) is 11.0 Å². The molecular formula is C21H32IN5O2. The molecule has 0 aromatic heterocycles. The number of hydrogen-bond donors (Lipinski definition) is 3. The van der Waals surface area contributed by atoms with E-state index in [4.69, 9.17) is 0 Å². The lowest BCUT2D eigenvalue weighted by Gasteiger charge is -2.32. The second-order valence-electron chi connectivity index (χ2n) is 7.62. The first-order valence-electron chi connectivity index (χ1n) is 10.2. The quantitative estimate of drug-likeness (QED) is 0.317. The molecule has 2 aliphatic heterocycles. The fourth-order valence-corrected chi connectivity index (χ4v) is 3.85. The van der Waals surface area contributed by atoms with Crippen molar-refractivity contribution in [1.82, 2.24) is 20.9 Å². The Morgan fingerprint density at radius 2 is 1.93 bits per heavy atom. The van der Waals surface area contributed by atoms with Crippen LogP contribution in [0.3, 0.4) is 0 Å². The van der Waals surface area contributed by atoms with Crippen molar-refractivity contribution in [3.8, 4) is 0 Å². The van der Waals surface area contributed by atoms with Crippen molar-refractivity contribution in [2.45, 2.75) is 38.1 Å². The van der Waals surface area contributed by atoms with Crippen LogP contribution >= 0.6 is 24.0 Å². The summed E-state index contributed by atoms with van der Waals surface area (Å²) >= 11 is 0. The molecule has 8 heteroatoms. The molecule has 0 saturated carbocycles. The predicted molar refractivity (Wildman–Crippen MR) is 125 cm³/mol. The third-order valence-electron chi connectivity index (χ3n) is 5.57. The molecule has 2 heterocycles. The Kier molecular flexibility index (Phi) is 9.69. The van der Waals surface area contributed by atoms with Gasteiger partial charge in [-0.3, -0.25) is 14.6 Å². The summed E-state index contributed by atoms with van der Waals surface area (Å²) in [4.78, 5) is 29.9. The molecule has 1 aromatic carbocycles. The topological polar surface area (TPSA) is 85.8 Å². The summed E-state index contributed by atoms with van der Waals surface area (Å²) in [5.74, 6) is 1.45. The summed E-state index contributed by atoms with van der Waals surface area (Å²) in [5, 5.41) is 9.22. The van der Waals surface area contributed by atoms with Crippen molar-refractivity contribution in [2.75, 3.05) is 33.2 Å². The molecule has 3 N–H and O–H groups in total. The Bertz CT molecular complexity index is 680. The molecule has 2 aliphatic rings. The first-order chi connectivity index (χ1) is 13.6. The number of rotatable bonds is 5. The predicted octanol–water partition coefficient (Wildman–Crippen LogP) is 1.53. The molecule has 7 nitrogen and oxygen atoms in total. The zero-order valence-corrected chi connectivity index (χ0v) is 19.4. The van der Waals surface area contributed by atoms with E-state index in [0.29, 0.717) is 24.8 Å². The first-order valence-corrected chi connectivity index (χ1v) is 10.2. The number of carbonyl (C=O) groups is 2. The Morgan fingerprint density at radius 1 is 1.21 bits per heavy atom. The number of aliphatic imine (C=N–C) groups is 1. The van der Waals surface area contributed by atoms with Crippen molar-refractivity contribution in [3.05, 3.63) is 35.9 Å². The summed E-state index contributed by atoms with van der Waals surface area (Å²) in [6.07, 6.45) is 4.49. The van der Waals surface area contributed by atoms with Crippen LogP contribution in [0.4, 0.5) is 0 Å². The molecule has 1 unspecified atom stereocenters. The van der Waals surface area contributed by atoms with E-state index >= 15 is 0 Å². The van der Waals surface area contributed by atoms with Gasteiger partial charge in [0.15, 0.2) is 5.96 Å². The van der Waals surface area contributed by atoms with Gasteiger partial charge < -0.3 is 20.9 Å². The lowest BCUT2D eigenvalue weighted by molar-refractivity contribution is -0.131. The fourth-order valence-electron chi connectivity index (χ4n) is 3.85. The second kappa shape index (κ2) is 12.0. The van der Waals surface area contributed by atoms with E-state index < -0.39 is 0 Å². The minimum atomic E-state index is 0. The van der Waals surface area contributed by atoms with Crippen LogP contribution < -0.4 is 16.0 Å². The van der Waals surface area contributed by atoms with E-state index in [-0.39, 0.29) is 48.4 Å². The minimum absolute atomic E-state index is 0. The first kappa shape index (κ1) is 23.4. The van der Waals surface area contributed by atoms with Crippen LogP contribution in [0.2, 0.25) is 0 Å². The van der Waals surface area contributed by atoms with Crippen molar-refractivity contribution in [1.29, 1.82) is 0 Å². The third-order valence-corrected chi connectivity index (χ3v) is 5.57. The summed E-state index contributed by atoms with van der Waals surface area (Å²) in [6.45, 7) is 2.46. The maximum absolute atomic E-state index is 12.5. The maximum atomic E-state index is 12.5. The van der Waals surface area contributed by atoms with Gasteiger partial charge in [0, 0.05) is 39.1 Å². The molecule has 2 amide bonds. The van der Waals surface area contributed by atoms with Crippen LogP contribution in [-0.2, 0) is 16.0 Å². The van der Waals surface area contributed by atoms with Gasteiger partial charge in [-0.15, -0.1) is 24.0 Å². The SMILES string of the molecule is CN=C(NCC(=O)N1CCC(Cc2ccccc2)CC1)NC1CCC(=O)NC1.I. The minimum Gasteiger partial charge on any atom is -0.354 e. The number of guanidine groups is 1. The second-order valence-corrected chi connectivity index (χ2v) is 7.62. The molecule has 0 spiro atoms. The van der Waals surface area contributed by atoms with Crippen molar-refractivity contribution in [2.24, 2.45) is 10.9 Å². The molecule has 0 bridgehead atoms. The Hall–Kier alpha value is -1.84. The lowest BCUT2D eigenvalue weighted by Crippen LogP contribution is -2.53.